The Bertz CT molecular complexity index is 128. The zero-order valence-electron chi connectivity index (χ0n) is 9.00. The number of piperidine rings is 1. The van der Waals surface area contributed by atoms with Crippen LogP contribution in [0.2, 0.25) is 0 Å². The number of hydrogen-bond acceptors (Lipinski definition) is 2. The SMILES string of the molecule is CC(C)CCCN1CCC(O)CC1. The third kappa shape index (κ3) is 4.63. The van der Waals surface area contributed by atoms with Crippen LogP contribution in [0, 0.1) is 5.92 Å². The van der Waals surface area contributed by atoms with E-state index in [1.807, 2.05) is 0 Å². The maximum atomic E-state index is 9.31. The Morgan fingerprint density at radius 3 is 2.46 bits per heavy atom. The summed E-state index contributed by atoms with van der Waals surface area (Å²) >= 11 is 0. The van der Waals surface area contributed by atoms with Crippen molar-refractivity contribution in [3.63, 3.8) is 0 Å². The molecule has 0 spiro atoms. The molecule has 0 aliphatic carbocycles. The fraction of sp³-hybridized carbons (Fsp3) is 1.00. The Labute approximate surface area is 81.9 Å². The minimum atomic E-state index is -0.0265. The van der Waals surface area contributed by atoms with E-state index in [0.29, 0.717) is 0 Å². The summed E-state index contributed by atoms with van der Waals surface area (Å²) in [7, 11) is 0. The summed E-state index contributed by atoms with van der Waals surface area (Å²) in [5.41, 5.74) is 0. The molecule has 0 atom stereocenters. The van der Waals surface area contributed by atoms with E-state index in [-0.39, 0.29) is 6.10 Å². The Kier molecular flexibility index (Phi) is 4.74. The maximum Gasteiger partial charge on any atom is 0.0564 e. The van der Waals surface area contributed by atoms with E-state index in [1.54, 1.807) is 0 Å². The Balaban J connectivity index is 2.02. The van der Waals surface area contributed by atoms with Crippen molar-refractivity contribution >= 4 is 0 Å². The van der Waals surface area contributed by atoms with Gasteiger partial charge in [-0.25, -0.2) is 0 Å². The van der Waals surface area contributed by atoms with E-state index in [1.165, 1.54) is 19.4 Å². The average molecular weight is 185 g/mol. The lowest BCUT2D eigenvalue weighted by Crippen LogP contribution is -2.36. The van der Waals surface area contributed by atoms with Gasteiger partial charge in [-0.3, -0.25) is 0 Å². The fourth-order valence-corrected chi connectivity index (χ4v) is 1.87. The molecule has 1 aliphatic rings. The van der Waals surface area contributed by atoms with Crippen molar-refractivity contribution in [1.82, 2.24) is 4.90 Å². The second-order valence-corrected chi connectivity index (χ2v) is 4.61. The van der Waals surface area contributed by atoms with Crippen molar-refractivity contribution in [2.24, 2.45) is 5.92 Å². The first-order valence-electron chi connectivity index (χ1n) is 5.59. The number of hydrogen-bond donors (Lipinski definition) is 1. The van der Waals surface area contributed by atoms with Gasteiger partial charge < -0.3 is 10.0 Å². The number of aliphatic hydroxyl groups excluding tert-OH is 1. The summed E-state index contributed by atoms with van der Waals surface area (Å²) in [5.74, 6) is 0.829. The van der Waals surface area contributed by atoms with Crippen LogP contribution in [0.25, 0.3) is 0 Å². The van der Waals surface area contributed by atoms with Crippen molar-refractivity contribution < 1.29 is 5.11 Å². The fourth-order valence-electron chi connectivity index (χ4n) is 1.87. The van der Waals surface area contributed by atoms with Crippen molar-refractivity contribution in [1.29, 1.82) is 0 Å². The third-order valence-electron chi connectivity index (χ3n) is 2.81. The van der Waals surface area contributed by atoms with Crippen molar-refractivity contribution in [2.75, 3.05) is 19.6 Å². The van der Waals surface area contributed by atoms with E-state index < -0.39 is 0 Å². The van der Waals surface area contributed by atoms with Crippen LogP contribution < -0.4 is 0 Å². The summed E-state index contributed by atoms with van der Waals surface area (Å²) in [6, 6.07) is 0. The summed E-state index contributed by atoms with van der Waals surface area (Å²) in [4.78, 5) is 2.48. The van der Waals surface area contributed by atoms with Gasteiger partial charge in [0.2, 0.25) is 0 Å². The Hall–Kier alpha value is -0.0800. The van der Waals surface area contributed by atoms with Crippen LogP contribution in [0.15, 0.2) is 0 Å². The van der Waals surface area contributed by atoms with Crippen LogP contribution in [-0.2, 0) is 0 Å². The first kappa shape index (κ1) is 11.0. The summed E-state index contributed by atoms with van der Waals surface area (Å²) < 4.78 is 0. The highest BCUT2D eigenvalue weighted by Crippen LogP contribution is 2.11. The van der Waals surface area contributed by atoms with Crippen LogP contribution in [0.5, 0.6) is 0 Å². The molecule has 1 aliphatic heterocycles. The highest BCUT2D eigenvalue weighted by Gasteiger charge is 2.15. The van der Waals surface area contributed by atoms with E-state index in [4.69, 9.17) is 0 Å². The van der Waals surface area contributed by atoms with Gasteiger partial charge in [0, 0.05) is 13.1 Å². The first-order valence-corrected chi connectivity index (χ1v) is 5.59. The molecule has 0 aromatic carbocycles. The largest absolute Gasteiger partial charge is 0.393 e. The molecule has 78 valence electrons. The maximum absolute atomic E-state index is 9.31. The van der Waals surface area contributed by atoms with Gasteiger partial charge in [0.1, 0.15) is 0 Å². The molecule has 0 amide bonds. The Morgan fingerprint density at radius 2 is 1.92 bits per heavy atom. The van der Waals surface area contributed by atoms with Gasteiger partial charge in [0.15, 0.2) is 0 Å². The molecule has 0 aromatic rings. The van der Waals surface area contributed by atoms with E-state index in [0.717, 1.165) is 31.8 Å². The minimum absolute atomic E-state index is 0.0265. The molecular formula is C11H23NO. The zero-order valence-corrected chi connectivity index (χ0v) is 9.00. The number of nitrogens with zero attached hydrogens (tertiary/aromatic N) is 1. The van der Waals surface area contributed by atoms with Gasteiger partial charge in [-0.15, -0.1) is 0 Å². The second kappa shape index (κ2) is 5.61. The first-order chi connectivity index (χ1) is 6.18. The molecule has 13 heavy (non-hydrogen) atoms. The van der Waals surface area contributed by atoms with Crippen LogP contribution in [-0.4, -0.2) is 35.7 Å². The van der Waals surface area contributed by atoms with Gasteiger partial charge in [0.25, 0.3) is 0 Å². The average Bonchev–Trinajstić information content (AvgIpc) is 2.08. The predicted molar refractivity (Wildman–Crippen MR) is 55.8 cm³/mol. The van der Waals surface area contributed by atoms with E-state index in [2.05, 4.69) is 18.7 Å². The molecule has 1 N–H and O–H groups in total. The molecule has 0 aromatic heterocycles. The summed E-state index contributed by atoms with van der Waals surface area (Å²) in [5, 5.41) is 9.31. The normalized spacial score (nSPS) is 21.2. The van der Waals surface area contributed by atoms with Gasteiger partial charge in [-0.05, 0) is 38.1 Å². The number of likely N-dealkylation sites (tertiary alicyclic amines) is 1. The predicted octanol–water partition coefficient (Wildman–Crippen LogP) is 1.88. The van der Waals surface area contributed by atoms with Gasteiger partial charge in [-0.1, -0.05) is 13.8 Å². The third-order valence-corrected chi connectivity index (χ3v) is 2.81. The van der Waals surface area contributed by atoms with Crippen molar-refractivity contribution in [3.8, 4) is 0 Å². The van der Waals surface area contributed by atoms with Gasteiger partial charge in [-0.2, -0.15) is 0 Å². The monoisotopic (exact) mass is 185 g/mol. The molecule has 1 rings (SSSR count). The van der Waals surface area contributed by atoms with Crippen molar-refractivity contribution in [3.05, 3.63) is 0 Å². The highest BCUT2D eigenvalue weighted by molar-refractivity contribution is 4.70. The molecule has 0 saturated carbocycles. The summed E-state index contributed by atoms with van der Waals surface area (Å²) in [6.07, 6.45) is 4.57. The molecule has 2 heteroatoms. The number of rotatable bonds is 4. The zero-order chi connectivity index (χ0) is 9.68. The molecule has 2 nitrogen and oxygen atoms in total. The standard InChI is InChI=1S/C11H23NO/c1-10(2)4-3-7-12-8-5-11(13)6-9-12/h10-11,13H,3-9H2,1-2H3. The molecule has 1 saturated heterocycles. The number of aliphatic hydroxyl groups is 1. The molecule has 0 bridgehead atoms. The molecule has 1 heterocycles. The van der Waals surface area contributed by atoms with E-state index in [9.17, 15) is 5.11 Å². The van der Waals surface area contributed by atoms with Crippen LogP contribution in [0.1, 0.15) is 39.5 Å². The van der Waals surface area contributed by atoms with Gasteiger partial charge >= 0.3 is 0 Å². The van der Waals surface area contributed by atoms with Crippen LogP contribution in [0.3, 0.4) is 0 Å². The second-order valence-electron chi connectivity index (χ2n) is 4.61. The van der Waals surface area contributed by atoms with E-state index >= 15 is 0 Å². The van der Waals surface area contributed by atoms with Crippen LogP contribution >= 0.6 is 0 Å². The van der Waals surface area contributed by atoms with Crippen LogP contribution in [0.4, 0.5) is 0 Å². The smallest absolute Gasteiger partial charge is 0.0564 e. The lowest BCUT2D eigenvalue weighted by molar-refractivity contribution is 0.0814. The lowest BCUT2D eigenvalue weighted by atomic mass is 10.1. The highest BCUT2D eigenvalue weighted by atomic mass is 16.3. The quantitative estimate of drug-likeness (QED) is 0.723. The lowest BCUT2D eigenvalue weighted by Gasteiger charge is -2.29. The van der Waals surface area contributed by atoms with Gasteiger partial charge in [0.05, 0.1) is 6.10 Å². The van der Waals surface area contributed by atoms with Crippen molar-refractivity contribution in [2.45, 2.75) is 45.6 Å². The topological polar surface area (TPSA) is 23.5 Å². The molecule has 0 radical (unpaired) electrons. The summed E-state index contributed by atoms with van der Waals surface area (Å²) in [6.45, 7) is 7.98. The molecule has 1 fully saturated rings. The minimum Gasteiger partial charge on any atom is -0.393 e. The Morgan fingerprint density at radius 1 is 1.31 bits per heavy atom. The molecular weight excluding hydrogens is 162 g/mol. The molecule has 0 unspecified atom stereocenters.